The molecule has 2 atom stereocenters. The summed E-state index contributed by atoms with van der Waals surface area (Å²) in [6.07, 6.45) is 0. The van der Waals surface area contributed by atoms with Crippen molar-refractivity contribution in [1.29, 1.82) is 0 Å². The molecular weight excluding hydrogens is 288 g/mol. The van der Waals surface area contributed by atoms with Crippen LogP contribution in [0.2, 0.25) is 5.02 Å². The first-order valence-corrected chi connectivity index (χ1v) is 6.98. The van der Waals surface area contributed by atoms with Crippen LogP contribution in [0.4, 0.5) is 5.69 Å². The molecule has 108 valence electrons. The third-order valence-electron chi connectivity index (χ3n) is 3.70. The van der Waals surface area contributed by atoms with Crippen molar-refractivity contribution in [2.45, 2.75) is 12.1 Å². The molecule has 0 aliphatic carbocycles. The number of β-lactam (4-membered cyclic amide) rings is 1. The molecule has 1 heterocycles. The maximum atomic E-state index is 12.2. The van der Waals surface area contributed by atoms with E-state index in [0.717, 1.165) is 11.3 Å². The number of halogens is 1. The minimum atomic E-state index is -0.573. The summed E-state index contributed by atoms with van der Waals surface area (Å²) in [5.74, 6) is 0.576. The van der Waals surface area contributed by atoms with Gasteiger partial charge in [0.05, 0.1) is 13.2 Å². The van der Waals surface area contributed by atoms with Crippen LogP contribution in [0.5, 0.6) is 5.75 Å². The van der Waals surface area contributed by atoms with E-state index in [0.29, 0.717) is 10.8 Å². The van der Waals surface area contributed by atoms with Crippen LogP contribution in [0, 0.1) is 0 Å². The van der Waals surface area contributed by atoms with E-state index in [1.165, 1.54) is 0 Å². The van der Waals surface area contributed by atoms with Gasteiger partial charge in [-0.1, -0.05) is 35.9 Å². The van der Waals surface area contributed by atoms with Gasteiger partial charge in [-0.25, -0.2) is 0 Å². The molecule has 4 nitrogen and oxygen atoms in total. The molecule has 1 aliphatic heterocycles. The molecular formula is C16H15ClN2O2. The van der Waals surface area contributed by atoms with E-state index in [2.05, 4.69) is 0 Å². The number of hydrogen-bond donors (Lipinski definition) is 1. The number of nitrogens with two attached hydrogens (primary N) is 1. The second-order valence-electron chi connectivity index (χ2n) is 4.90. The van der Waals surface area contributed by atoms with Crippen molar-refractivity contribution in [2.24, 2.45) is 5.73 Å². The summed E-state index contributed by atoms with van der Waals surface area (Å²) >= 11 is 6.24. The first-order chi connectivity index (χ1) is 10.1. The largest absolute Gasteiger partial charge is 0.497 e. The summed E-state index contributed by atoms with van der Waals surface area (Å²) in [6, 6.07) is 14.0. The van der Waals surface area contributed by atoms with Crippen LogP contribution in [0.25, 0.3) is 0 Å². The second-order valence-corrected chi connectivity index (χ2v) is 5.31. The van der Waals surface area contributed by atoms with E-state index < -0.39 is 6.04 Å². The Morgan fingerprint density at radius 3 is 2.67 bits per heavy atom. The van der Waals surface area contributed by atoms with Gasteiger partial charge >= 0.3 is 0 Å². The highest BCUT2D eigenvalue weighted by atomic mass is 35.5. The van der Waals surface area contributed by atoms with Crippen LogP contribution in [0.3, 0.4) is 0 Å². The van der Waals surface area contributed by atoms with Crippen molar-refractivity contribution in [1.82, 2.24) is 0 Å². The summed E-state index contributed by atoms with van der Waals surface area (Å²) in [4.78, 5) is 13.8. The fraction of sp³-hybridized carbons (Fsp3) is 0.188. The van der Waals surface area contributed by atoms with Gasteiger partial charge in [0.25, 0.3) is 0 Å². The molecule has 1 amide bonds. The molecule has 21 heavy (non-hydrogen) atoms. The van der Waals surface area contributed by atoms with E-state index in [-0.39, 0.29) is 11.9 Å². The minimum absolute atomic E-state index is 0.117. The number of benzene rings is 2. The molecule has 0 saturated carbocycles. The molecule has 0 unspecified atom stereocenters. The van der Waals surface area contributed by atoms with Gasteiger partial charge in [0.1, 0.15) is 11.8 Å². The molecule has 1 saturated heterocycles. The molecule has 5 heteroatoms. The molecule has 1 fully saturated rings. The van der Waals surface area contributed by atoms with Crippen molar-refractivity contribution in [3.8, 4) is 5.75 Å². The van der Waals surface area contributed by atoms with Gasteiger partial charge < -0.3 is 15.4 Å². The summed E-state index contributed by atoms with van der Waals surface area (Å²) in [6.45, 7) is 0. The molecule has 2 aromatic carbocycles. The summed E-state index contributed by atoms with van der Waals surface area (Å²) in [5.41, 5.74) is 7.60. The van der Waals surface area contributed by atoms with Gasteiger partial charge in [0, 0.05) is 16.8 Å². The van der Waals surface area contributed by atoms with Crippen LogP contribution in [0.15, 0.2) is 48.5 Å². The molecule has 0 aromatic heterocycles. The molecule has 1 aliphatic rings. The molecule has 2 N–H and O–H groups in total. The van der Waals surface area contributed by atoms with Gasteiger partial charge in [0.15, 0.2) is 0 Å². The van der Waals surface area contributed by atoms with Crippen molar-refractivity contribution in [3.05, 3.63) is 59.1 Å². The maximum Gasteiger partial charge on any atom is 0.247 e. The minimum Gasteiger partial charge on any atom is -0.497 e. The highest BCUT2D eigenvalue weighted by Crippen LogP contribution is 2.41. The fourth-order valence-corrected chi connectivity index (χ4v) is 2.85. The molecule has 0 radical (unpaired) electrons. The summed E-state index contributed by atoms with van der Waals surface area (Å²) < 4.78 is 5.21. The smallest absolute Gasteiger partial charge is 0.247 e. The topological polar surface area (TPSA) is 55.6 Å². The number of anilines is 1. The van der Waals surface area contributed by atoms with Crippen molar-refractivity contribution >= 4 is 23.2 Å². The Hall–Kier alpha value is -2.04. The van der Waals surface area contributed by atoms with Crippen molar-refractivity contribution in [2.75, 3.05) is 12.0 Å². The monoisotopic (exact) mass is 302 g/mol. The van der Waals surface area contributed by atoms with Gasteiger partial charge in [0.2, 0.25) is 5.91 Å². The maximum absolute atomic E-state index is 12.2. The standard InChI is InChI=1S/C16H15ClN2O2/c1-21-11-6-4-5-10(9-11)19-15(14(18)16(19)20)12-7-2-3-8-13(12)17/h2-9,14-15H,18H2,1H3/t14-,15-/m0/s1. The normalized spacial score (nSPS) is 21.1. The van der Waals surface area contributed by atoms with Gasteiger partial charge in [-0.05, 0) is 23.8 Å². The zero-order valence-corrected chi connectivity index (χ0v) is 12.2. The van der Waals surface area contributed by atoms with E-state index in [1.54, 1.807) is 18.1 Å². The highest BCUT2D eigenvalue weighted by Gasteiger charge is 2.47. The van der Waals surface area contributed by atoms with E-state index >= 15 is 0 Å². The number of ether oxygens (including phenoxy) is 1. The number of carbonyl (C=O) groups is 1. The van der Waals surface area contributed by atoms with E-state index in [1.807, 2.05) is 42.5 Å². The summed E-state index contributed by atoms with van der Waals surface area (Å²) in [7, 11) is 1.59. The lowest BCUT2D eigenvalue weighted by Crippen LogP contribution is -2.63. The average molecular weight is 303 g/mol. The Labute approximate surface area is 128 Å². The van der Waals surface area contributed by atoms with Crippen LogP contribution in [0.1, 0.15) is 11.6 Å². The number of hydrogen-bond acceptors (Lipinski definition) is 3. The third-order valence-corrected chi connectivity index (χ3v) is 4.04. The average Bonchev–Trinajstić information content (AvgIpc) is 2.52. The fourth-order valence-electron chi connectivity index (χ4n) is 2.61. The van der Waals surface area contributed by atoms with Crippen LogP contribution in [-0.2, 0) is 4.79 Å². The SMILES string of the molecule is COc1cccc(N2C(=O)[C@@H](N)[C@@H]2c2ccccc2Cl)c1. The number of methoxy groups -OCH3 is 1. The molecule has 2 aromatic rings. The lowest BCUT2D eigenvalue weighted by atomic mass is 9.88. The Morgan fingerprint density at radius 1 is 1.19 bits per heavy atom. The predicted molar refractivity (Wildman–Crippen MR) is 82.6 cm³/mol. The second kappa shape index (κ2) is 5.39. The Bertz CT molecular complexity index is 689. The molecule has 0 spiro atoms. The van der Waals surface area contributed by atoms with Gasteiger partial charge in [-0.15, -0.1) is 0 Å². The lowest BCUT2D eigenvalue weighted by Gasteiger charge is -2.45. The van der Waals surface area contributed by atoms with Crippen molar-refractivity contribution in [3.63, 3.8) is 0 Å². The van der Waals surface area contributed by atoms with Crippen molar-refractivity contribution < 1.29 is 9.53 Å². The van der Waals surface area contributed by atoms with Gasteiger partial charge in [-0.2, -0.15) is 0 Å². The van der Waals surface area contributed by atoms with Crippen LogP contribution in [-0.4, -0.2) is 19.1 Å². The third kappa shape index (κ3) is 2.26. The van der Waals surface area contributed by atoms with Gasteiger partial charge in [-0.3, -0.25) is 4.79 Å². The first-order valence-electron chi connectivity index (χ1n) is 6.60. The quantitative estimate of drug-likeness (QED) is 0.887. The molecule has 3 rings (SSSR count). The number of nitrogens with zero attached hydrogens (tertiary/aromatic N) is 1. The zero-order chi connectivity index (χ0) is 15.0. The first kappa shape index (κ1) is 13.9. The number of amides is 1. The predicted octanol–water partition coefficient (Wildman–Crippen LogP) is 2.76. The molecule has 0 bridgehead atoms. The Morgan fingerprint density at radius 2 is 1.95 bits per heavy atom. The van der Waals surface area contributed by atoms with Crippen LogP contribution >= 0.6 is 11.6 Å². The Kier molecular flexibility index (Phi) is 3.57. The number of carbonyl (C=O) groups excluding carboxylic acids is 1. The van der Waals surface area contributed by atoms with E-state index in [9.17, 15) is 4.79 Å². The highest BCUT2D eigenvalue weighted by molar-refractivity contribution is 6.31. The van der Waals surface area contributed by atoms with Crippen LogP contribution < -0.4 is 15.4 Å². The number of rotatable bonds is 3. The zero-order valence-electron chi connectivity index (χ0n) is 11.5. The Balaban J connectivity index is 2.00. The lowest BCUT2D eigenvalue weighted by molar-refractivity contribution is -0.126. The van der Waals surface area contributed by atoms with E-state index in [4.69, 9.17) is 22.1 Å². The summed E-state index contributed by atoms with van der Waals surface area (Å²) in [5, 5.41) is 0.610.